The molecule has 0 saturated heterocycles. The fraction of sp³-hybridized carbons (Fsp3) is 1.00. The molecule has 2 unspecified atom stereocenters. The van der Waals surface area contributed by atoms with Crippen molar-refractivity contribution in [1.29, 1.82) is 0 Å². The maximum Gasteiger partial charge on any atom is 0.00131 e. The lowest BCUT2D eigenvalue weighted by atomic mass is 9.81. The van der Waals surface area contributed by atoms with Gasteiger partial charge in [0.25, 0.3) is 0 Å². The minimum atomic E-state index is 0.359. The molecule has 2 N–H and O–H groups in total. The zero-order valence-electron chi connectivity index (χ0n) is 9.35. The van der Waals surface area contributed by atoms with E-state index in [9.17, 15) is 0 Å². The van der Waals surface area contributed by atoms with Gasteiger partial charge in [0.15, 0.2) is 0 Å². The van der Waals surface area contributed by atoms with Crippen molar-refractivity contribution < 1.29 is 0 Å². The monoisotopic (exact) mass is 171 g/mol. The molecular formula is C11H25N. The Hall–Kier alpha value is -0.0400. The lowest BCUT2D eigenvalue weighted by Gasteiger charge is -2.26. The van der Waals surface area contributed by atoms with E-state index in [-0.39, 0.29) is 0 Å². The van der Waals surface area contributed by atoms with Crippen molar-refractivity contribution in [1.82, 2.24) is 0 Å². The normalized spacial score (nSPS) is 17.5. The van der Waals surface area contributed by atoms with Crippen LogP contribution in [0.15, 0.2) is 0 Å². The van der Waals surface area contributed by atoms with E-state index in [2.05, 4.69) is 34.6 Å². The van der Waals surface area contributed by atoms with Crippen molar-refractivity contribution in [2.24, 2.45) is 17.1 Å². The molecule has 2 atom stereocenters. The average molecular weight is 171 g/mol. The zero-order valence-corrected chi connectivity index (χ0v) is 9.35. The molecule has 1 nitrogen and oxygen atoms in total. The highest BCUT2D eigenvalue weighted by Gasteiger charge is 2.17. The van der Waals surface area contributed by atoms with E-state index in [0.717, 1.165) is 5.92 Å². The van der Waals surface area contributed by atoms with Gasteiger partial charge in [0, 0.05) is 6.04 Å². The lowest BCUT2D eigenvalue weighted by Crippen LogP contribution is -2.22. The number of nitrogens with two attached hydrogens (primary N) is 1. The highest BCUT2D eigenvalue weighted by molar-refractivity contribution is 4.71. The van der Waals surface area contributed by atoms with Gasteiger partial charge >= 0.3 is 0 Å². The van der Waals surface area contributed by atoms with Gasteiger partial charge in [-0.25, -0.2) is 0 Å². The molecule has 0 rings (SSSR count). The molecule has 0 bridgehead atoms. The molecule has 0 fully saturated rings. The predicted molar refractivity (Wildman–Crippen MR) is 56.1 cm³/mol. The first-order chi connectivity index (χ1) is 5.35. The van der Waals surface area contributed by atoms with Gasteiger partial charge in [0.05, 0.1) is 0 Å². The quantitative estimate of drug-likeness (QED) is 0.690. The molecule has 0 heterocycles. The molecule has 0 aliphatic rings. The van der Waals surface area contributed by atoms with E-state index in [4.69, 9.17) is 5.73 Å². The summed E-state index contributed by atoms with van der Waals surface area (Å²) in [7, 11) is 0. The van der Waals surface area contributed by atoms with Crippen LogP contribution < -0.4 is 5.73 Å². The van der Waals surface area contributed by atoms with Crippen molar-refractivity contribution in [3.05, 3.63) is 0 Å². The second-order valence-corrected chi connectivity index (χ2v) is 5.25. The third kappa shape index (κ3) is 6.66. The van der Waals surface area contributed by atoms with Crippen LogP contribution in [-0.2, 0) is 0 Å². The predicted octanol–water partition coefficient (Wildman–Crippen LogP) is 3.19. The van der Waals surface area contributed by atoms with Crippen LogP contribution in [0.3, 0.4) is 0 Å². The first kappa shape index (κ1) is 12.0. The SMILES string of the molecule is CCC(CC(C)N)CC(C)(C)C. The molecule has 0 saturated carbocycles. The molecular weight excluding hydrogens is 146 g/mol. The van der Waals surface area contributed by atoms with Crippen molar-refractivity contribution in [2.75, 3.05) is 0 Å². The Kier molecular flexibility index (Phi) is 4.84. The van der Waals surface area contributed by atoms with Crippen LogP contribution in [-0.4, -0.2) is 6.04 Å². The van der Waals surface area contributed by atoms with Crippen molar-refractivity contribution >= 4 is 0 Å². The van der Waals surface area contributed by atoms with E-state index in [0.29, 0.717) is 11.5 Å². The standard InChI is InChI=1S/C11H25N/c1-6-10(7-9(2)12)8-11(3,4)5/h9-10H,6-8,12H2,1-5H3. The van der Waals surface area contributed by atoms with E-state index >= 15 is 0 Å². The molecule has 0 amide bonds. The largest absolute Gasteiger partial charge is 0.328 e. The minimum Gasteiger partial charge on any atom is -0.328 e. The smallest absolute Gasteiger partial charge is 0.00131 e. The van der Waals surface area contributed by atoms with Gasteiger partial charge in [-0.3, -0.25) is 0 Å². The summed E-state index contributed by atoms with van der Waals surface area (Å²) in [6, 6.07) is 0.359. The Bertz CT molecular complexity index is 111. The van der Waals surface area contributed by atoms with Crippen LogP contribution >= 0.6 is 0 Å². The number of hydrogen-bond acceptors (Lipinski definition) is 1. The second-order valence-electron chi connectivity index (χ2n) is 5.25. The second kappa shape index (κ2) is 4.86. The van der Waals surface area contributed by atoms with Crippen molar-refractivity contribution in [3.63, 3.8) is 0 Å². The zero-order chi connectivity index (χ0) is 9.78. The van der Waals surface area contributed by atoms with Crippen molar-refractivity contribution in [3.8, 4) is 0 Å². The summed E-state index contributed by atoms with van der Waals surface area (Å²) in [6.45, 7) is 11.3. The van der Waals surface area contributed by atoms with Gasteiger partial charge in [0.2, 0.25) is 0 Å². The van der Waals surface area contributed by atoms with Gasteiger partial charge in [0.1, 0.15) is 0 Å². The first-order valence-electron chi connectivity index (χ1n) is 5.10. The topological polar surface area (TPSA) is 26.0 Å². The van der Waals surface area contributed by atoms with E-state index < -0.39 is 0 Å². The molecule has 74 valence electrons. The van der Waals surface area contributed by atoms with E-state index in [1.54, 1.807) is 0 Å². The lowest BCUT2D eigenvalue weighted by molar-refractivity contribution is 0.268. The number of rotatable bonds is 4. The summed E-state index contributed by atoms with van der Waals surface area (Å²) < 4.78 is 0. The van der Waals surface area contributed by atoms with Crippen LogP contribution in [0.1, 0.15) is 53.9 Å². The van der Waals surface area contributed by atoms with E-state index in [1.165, 1.54) is 19.3 Å². The van der Waals surface area contributed by atoms with Gasteiger partial charge < -0.3 is 5.73 Å². The van der Waals surface area contributed by atoms with Gasteiger partial charge in [-0.2, -0.15) is 0 Å². The summed E-state index contributed by atoms with van der Waals surface area (Å²) in [4.78, 5) is 0. The molecule has 0 aliphatic carbocycles. The Morgan fingerprint density at radius 3 is 2.00 bits per heavy atom. The molecule has 0 aliphatic heterocycles. The molecule has 12 heavy (non-hydrogen) atoms. The van der Waals surface area contributed by atoms with E-state index in [1.807, 2.05) is 0 Å². The maximum atomic E-state index is 5.79. The van der Waals surface area contributed by atoms with Gasteiger partial charge in [-0.05, 0) is 31.1 Å². The van der Waals surface area contributed by atoms with Gasteiger partial charge in [-0.1, -0.05) is 34.1 Å². The highest BCUT2D eigenvalue weighted by Crippen LogP contribution is 2.28. The molecule has 0 aromatic rings. The van der Waals surface area contributed by atoms with Crippen LogP contribution in [0.4, 0.5) is 0 Å². The molecule has 1 heteroatoms. The maximum absolute atomic E-state index is 5.79. The van der Waals surface area contributed by atoms with Gasteiger partial charge in [-0.15, -0.1) is 0 Å². The molecule has 0 radical (unpaired) electrons. The fourth-order valence-corrected chi connectivity index (χ4v) is 1.79. The Labute approximate surface area is 77.7 Å². The molecule has 0 aromatic heterocycles. The van der Waals surface area contributed by atoms with Crippen molar-refractivity contribution in [2.45, 2.75) is 59.9 Å². The summed E-state index contributed by atoms with van der Waals surface area (Å²) >= 11 is 0. The summed E-state index contributed by atoms with van der Waals surface area (Å²) in [5.41, 5.74) is 6.24. The highest BCUT2D eigenvalue weighted by atomic mass is 14.6. The summed E-state index contributed by atoms with van der Waals surface area (Å²) in [5, 5.41) is 0. The molecule has 0 spiro atoms. The third-order valence-electron chi connectivity index (χ3n) is 2.18. The molecule has 0 aromatic carbocycles. The third-order valence-corrected chi connectivity index (χ3v) is 2.18. The Morgan fingerprint density at radius 2 is 1.75 bits per heavy atom. The van der Waals surface area contributed by atoms with Crippen LogP contribution in [0.5, 0.6) is 0 Å². The first-order valence-corrected chi connectivity index (χ1v) is 5.10. The van der Waals surface area contributed by atoms with Crippen LogP contribution in [0.2, 0.25) is 0 Å². The average Bonchev–Trinajstić information content (AvgIpc) is 1.82. The summed E-state index contributed by atoms with van der Waals surface area (Å²) in [5.74, 6) is 0.810. The minimum absolute atomic E-state index is 0.359. The van der Waals surface area contributed by atoms with Crippen LogP contribution in [0.25, 0.3) is 0 Å². The number of hydrogen-bond donors (Lipinski definition) is 1. The fourth-order valence-electron chi connectivity index (χ4n) is 1.79. The van der Waals surface area contributed by atoms with Crippen LogP contribution in [0, 0.1) is 11.3 Å². The Morgan fingerprint density at radius 1 is 1.25 bits per heavy atom. The summed E-state index contributed by atoms with van der Waals surface area (Å²) in [6.07, 6.45) is 3.73. The Balaban J connectivity index is 3.83.